The van der Waals surface area contributed by atoms with Gasteiger partial charge >= 0.3 is 6.09 Å². The number of halogens is 1. The molecule has 1 saturated heterocycles. The first-order valence-electron chi connectivity index (χ1n) is 11.5. The zero-order valence-corrected chi connectivity index (χ0v) is 20.3. The van der Waals surface area contributed by atoms with Crippen molar-refractivity contribution in [2.75, 3.05) is 32.8 Å². The summed E-state index contributed by atoms with van der Waals surface area (Å²) in [4.78, 5) is 33.5. The Balaban J connectivity index is 1.58. The van der Waals surface area contributed by atoms with Crippen LogP contribution in [0.4, 0.5) is 4.79 Å². The number of aromatic nitrogens is 1. The molecular weight excluding hydrogens is 452 g/mol. The van der Waals surface area contributed by atoms with E-state index >= 15 is 0 Å². The number of pyridine rings is 1. The lowest BCUT2D eigenvalue weighted by Gasteiger charge is -2.34. The van der Waals surface area contributed by atoms with E-state index in [2.05, 4.69) is 0 Å². The minimum absolute atomic E-state index is 0.0892. The number of carbonyl (C=O) groups excluding carboxylic acids is 2. The number of hydrogen-bond donors (Lipinski definition) is 1. The summed E-state index contributed by atoms with van der Waals surface area (Å²) in [5.74, 6) is -0.0892. The molecule has 0 aliphatic carbocycles. The lowest BCUT2D eigenvalue weighted by atomic mass is 10.0. The van der Waals surface area contributed by atoms with Crippen LogP contribution in [-0.4, -0.2) is 59.6 Å². The van der Waals surface area contributed by atoms with Gasteiger partial charge in [-0.15, -0.1) is 0 Å². The normalized spacial score (nSPS) is 13.9. The smallest absolute Gasteiger partial charge is 0.409 e. The zero-order chi connectivity index (χ0) is 24.2. The van der Waals surface area contributed by atoms with Crippen LogP contribution in [0.25, 0.3) is 22.2 Å². The molecule has 2 heterocycles. The van der Waals surface area contributed by atoms with E-state index in [0.29, 0.717) is 55.4 Å². The quantitative estimate of drug-likeness (QED) is 0.575. The first-order valence-corrected chi connectivity index (χ1v) is 11.9. The molecule has 1 fully saturated rings. The van der Waals surface area contributed by atoms with Gasteiger partial charge in [0.25, 0.3) is 5.91 Å². The molecule has 1 aliphatic rings. The summed E-state index contributed by atoms with van der Waals surface area (Å²) in [6.07, 6.45) is 0.462. The van der Waals surface area contributed by atoms with E-state index in [1.54, 1.807) is 21.9 Å². The van der Waals surface area contributed by atoms with Crippen molar-refractivity contribution < 1.29 is 14.3 Å². The van der Waals surface area contributed by atoms with Crippen LogP contribution in [0.15, 0.2) is 42.5 Å². The molecule has 0 bridgehead atoms. The van der Waals surface area contributed by atoms with Crippen LogP contribution in [-0.2, 0) is 11.3 Å². The van der Waals surface area contributed by atoms with Gasteiger partial charge in [-0.25, -0.2) is 9.78 Å². The van der Waals surface area contributed by atoms with Crippen LogP contribution in [0, 0.1) is 6.92 Å². The fourth-order valence-electron chi connectivity index (χ4n) is 4.14. The zero-order valence-electron chi connectivity index (χ0n) is 19.5. The Kier molecular flexibility index (Phi) is 7.34. The number of nitrogens with zero attached hydrogens (tertiary/aromatic N) is 3. The van der Waals surface area contributed by atoms with Gasteiger partial charge in [0.15, 0.2) is 0 Å². The molecule has 4 rings (SSSR count). The fourth-order valence-corrected chi connectivity index (χ4v) is 4.38. The molecule has 0 unspecified atom stereocenters. The highest BCUT2D eigenvalue weighted by Crippen LogP contribution is 2.33. The highest BCUT2D eigenvalue weighted by molar-refractivity contribution is 6.36. The van der Waals surface area contributed by atoms with Crippen molar-refractivity contribution >= 4 is 34.5 Å². The summed E-state index contributed by atoms with van der Waals surface area (Å²) in [5.41, 5.74) is 10.6. The molecule has 2 amide bonds. The second kappa shape index (κ2) is 10.4. The van der Waals surface area contributed by atoms with E-state index in [0.717, 1.165) is 34.2 Å². The van der Waals surface area contributed by atoms with Gasteiger partial charge in [-0.3, -0.25) is 4.79 Å². The molecule has 0 spiro atoms. The summed E-state index contributed by atoms with van der Waals surface area (Å²) < 4.78 is 5.20. The summed E-state index contributed by atoms with van der Waals surface area (Å²) in [6, 6.07) is 13.4. The minimum atomic E-state index is -0.319. The number of amides is 2. The molecular formula is C26H29ClN4O3. The first-order chi connectivity index (χ1) is 16.4. The molecule has 34 heavy (non-hydrogen) atoms. The Bertz CT molecular complexity index is 1220. The van der Waals surface area contributed by atoms with Gasteiger partial charge < -0.3 is 20.3 Å². The molecule has 2 aromatic carbocycles. The van der Waals surface area contributed by atoms with Gasteiger partial charge in [-0.05, 0) is 42.7 Å². The van der Waals surface area contributed by atoms with Crippen molar-refractivity contribution in [1.82, 2.24) is 14.8 Å². The van der Waals surface area contributed by atoms with Crippen LogP contribution in [0.2, 0.25) is 5.02 Å². The number of ether oxygens (including phenoxy) is 1. The number of nitrogens with two attached hydrogens (primary N) is 1. The number of piperazine rings is 1. The van der Waals surface area contributed by atoms with Crippen molar-refractivity contribution in [2.45, 2.75) is 26.8 Å². The predicted octanol–water partition coefficient (Wildman–Crippen LogP) is 4.63. The highest BCUT2D eigenvalue weighted by atomic mass is 35.5. The van der Waals surface area contributed by atoms with Crippen LogP contribution >= 0.6 is 11.6 Å². The second-order valence-corrected chi connectivity index (χ2v) is 8.81. The molecule has 3 aromatic rings. The molecule has 1 aromatic heterocycles. The van der Waals surface area contributed by atoms with Crippen molar-refractivity contribution in [2.24, 2.45) is 5.73 Å². The Morgan fingerprint density at radius 2 is 1.82 bits per heavy atom. The maximum Gasteiger partial charge on any atom is 0.409 e. The number of carbonyl (C=O) groups is 2. The highest BCUT2D eigenvalue weighted by Gasteiger charge is 2.26. The van der Waals surface area contributed by atoms with Gasteiger partial charge in [0.2, 0.25) is 0 Å². The van der Waals surface area contributed by atoms with Crippen molar-refractivity contribution in [1.29, 1.82) is 0 Å². The third-order valence-corrected chi connectivity index (χ3v) is 6.58. The van der Waals surface area contributed by atoms with E-state index in [4.69, 9.17) is 27.1 Å². The lowest BCUT2D eigenvalue weighted by molar-refractivity contribution is 0.0560. The minimum Gasteiger partial charge on any atom is -0.449 e. The van der Waals surface area contributed by atoms with E-state index < -0.39 is 0 Å². The van der Waals surface area contributed by atoms with Gasteiger partial charge in [0, 0.05) is 49.2 Å². The fraction of sp³-hybridized carbons (Fsp3) is 0.346. The number of fused-ring (bicyclic) bond motifs is 1. The molecule has 0 radical (unpaired) electrons. The number of benzene rings is 2. The average molecular weight is 481 g/mol. The summed E-state index contributed by atoms with van der Waals surface area (Å²) >= 11 is 6.71. The van der Waals surface area contributed by atoms with Crippen LogP contribution in [0.5, 0.6) is 0 Å². The maximum absolute atomic E-state index is 13.2. The molecule has 2 N–H and O–H groups in total. The van der Waals surface area contributed by atoms with E-state index in [-0.39, 0.29) is 12.0 Å². The largest absolute Gasteiger partial charge is 0.449 e. The van der Waals surface area contributed by atoms with Crippen molar-refractivity contribution in [3.8, 4) is 11.3 Å². The Morgan fingerprint density at radius 1 is 1.09 bits per heavy atom. The molecule has 0 saturated carbocycles. The Hall–Kier alpha value is -3.16. The third kappa shape index (κ3) is 4.86. The number of rotatable bonds is 5. The second-order valence-electron chi connectivity index (χ2n) is 8.43. The average Bonchev–Trinajstić information content (AvgIpc) is 2.88. The van der Waals surface area contributed by atoms with Gasteiger partial charge in [-0.1, -0.05) is 42.8 Å². The molecule has 7 nitrogen and oxygen atoms in total. The van der Waals surface area contributed by atoms with E-state index in [9.17, 15) is 9.59 Å². The predicted molar refractivity (Wildman–Crippen MR) is 134 cm³/mol. The topological polar surface area (TPSA) is 88.8 Å². The first kappa shape index (κ1) is 24.0. The molecule has 8 heteroatoms. The van der Waals surface area contributed by atoms with Crippen LogP contribution < -0.4 is 5.73 Å². The third-order valence-electron chi connectivity index (χ3n) is 6.09. The molecule has 1 aliphatic heterocycles. The van der Waals surface area contributed by atoms with Crippen molar-refractivity contribution in [3.63, 3.8) is 0 Å². The maximum atomic E-state index is 13.2. The number of hydrogen-bond acceptors (Lipinski definition) is 5. The lowest BCUT2D eigenvalue weighted by Crippen LogP contribution is -2.50. The SMILES string of the molecule is CCCOC(=O)N1CCN(C(=O)c2ccc3c(Cl)c(C)c(-c4cccc(CN)c4)nc3c2)CC1. The van der Waals surface area contributed by atoms with Gasteiger partial charge in [0.05, 0.1) is 22.8 Å². The van der Waals surface area contributed by atoms with Crippen LogP contribution in [0.3, 0.4) is 0 Å². The van der Waals surface area contributed by atoms with E-state index in [1.165, 1.54) is 0 Å². The summed E-state index contributed by atoms with van der Waals surface area (Å²) in [7, 11) is 0. The Morgan fingerprint density at radius 3 is 2.53 bits per heavy atom. The van der Waals surface area contributed by atoms with Crippen LogP contribution in [0.1, 0.15) is 34.8 Å². The van der Waals surface area contributed by atoms with Gasteiger partial charge in [-0.2, -0.15) is 0 Å². The summed E-state index contributed by atoms with van der Waals surface area (Å²) in [5, 5.41) is 1.43. The monoisotopic (exact) mass is 480 g/mol. The van der Waals surface area contributed by atoms with Gasteiger partial charge in [0.1, 0.15) is 0 Å². The molecule has 0 atom stereocenters. The van der Waals surface area contributed by atoms with E-state index in [1.807, 2.05) is 44.2 Å². The summed E-state index contributed by atoms with van der Waals surface area (Å²) in [6.45, 7) is 6.56. The molecule has 178 valence electrons. The van der Waals surface area contributed by atoms with Crippen molar-refractivity contribution in [3.05, 3.63) is 64.2 Å². The standard InChI is InChI=1S/C26H29ClN4O3/c1-3-13-34-26(33)31-11-9-30(10-12-31)25(32)20-7-8-21-22(15-20)29-24(17(2)23(21)27)19-6-4-5-18(14-19)16-28/h4-8,14-15H,3,9-13,16,28H2,1-2H3. The Labute approximate surface area is 204 Å².